The Kier molecular flexibility index (Phi) is 9.87. The van der Waals surface area contributed by atoms with Crippen LogP contribution in [0.1, 0.15) is 87.8 Å². The van der Waals surface area contributed by atoms with E-state index < -0.39 is 38.9 Å². The number of rotatable bonds is 11. The SMILES string of the molecule is CCOc1cncc(-c2cnc(C(=O)NC(CC3CCCCN3C(=O)OC(C)(C)C)c3cc(NS(=O)(=O)C4CC4)ccn3)s2)n1. The molecule has 3 aromatic rings. The standard InChI is InChI=1S/C30H39N7O6S2/c1-5-42-26-18-31-16-24(34-26)25-17-33-28(44-25)27(38)35-23(15-20-8-6-7-13-37(20)29(39)43-30(2,3)4)22-14-19(11-12-32-22)36-45(40,41)21-9-10-21/h11-12,14,16-18,20-21,23H,5-10,13,15H2,1-4H3,(H,32,36)(H,35,38). The van der Waals surface area contributed by atoms with Crippen LogP contribution in [-0.2, 0) is 14.8 Å². The van der Waals surface area contributed by atoms with Crippen LogP contribution in [0.4, 0.5) is 10.5 Å². The van der Waals surface area contributed by atoms with E-state index in [4.69, 9.17) is 9.47 Å². The average Bonchev–Trinajstić information content (AvgIpc) is 3.74. The van der Waals surface area contributed by atoms with Gasteiger partial charge in [0.2, 0.25) is 15.9 Å². The van der Waals surface area contributed by atoms with Crippen molar-refractivity contribution >= 4 is 39.0 Å². The summed E-state index contributed by atoms with van der Waals surface area (Å²) in [4.78, 5) is 46.6. The Morgan fingerprint density at radius 1 is 1.13 bits per heavy atom. The lowest BCUT2D eigenvalue weighted by Crippen LogP contribution is -2.47. The number of anilines is 1. The van der Waals surface area contributed by atoms with Gasteiger partial charge < -0.3 is 19.7 Å². The molecule has 1 saturated carbocycles. The molecule has 0 spiro atoms. The molecule has 4 heterocycles. The Bertz CT molecular complexity index is 1620. The number of sulfonamides is 1. The van der Waals surface area contributed by atoms with Crippen LogP contribution in [-0.4, -0.2) is 75.3 Å². The van der Waals surface area contributed by atoms with Gasteiger partial charge in [0, 0.05) is 25.0 Å². The molecule has 1 saturated heterocycles. The molecule has 0 radical (unpaired) electrons. The maximum absolute atomic E-state index is 13.6. The Morgan fingerprint density at radius 3 is 2.67 bits per heavy atom. The highest BCUT2D eigenvalue weighted by Crippen LogP contribution is 2.32. The fraction of sp³-hybridized carbons (Fsp3) is 0.533. The van der Waals surface area contributed by atoms with E-state index in [-0.39, 0.29) is 11.0 Å². The number of piperidine rings is 1. The molecule has 15 heteroatoms. The predicted octanol–water partition coefficient (Wildman–Crippen LogP) is 4.95. The molecule has 2 N–H and O–H groups in total. The van der Waals surface area contributed by atoms with Gasteiger partial charge in [-0.05, 0) is 78.4 Å². The summed E-state index contributed by atoms with van der Waals surface area (Å²) in [7, 11) is -3.51. The highest BCUT2D eigenvalue weighted by atomic mass is 32.2. The van der Waals surface area contributed by atoms with Crippen LogP contribution < -0.4 is 14.8 Å². The normalized spacial score (nSPS) is 17.8. The van der Waals surface area contributed by atoms with Crippen LogP contribution in [0.15, 0.2) is 36.9 Å². The number of ether oxygens (including phenoxy) is 2. The molecule has 2 atom stereocenters. The third-order valence-corrected chi connectivity index (χ3v) is 10.2. The van der Waals surface area contributed by atoms with Crippen molar-refractivity contribution in [2.45, 2.75) is 89.2 Å². The average molecular weight is 658 g/mol. The minimum Gasteiger partial charge on any atom is -0.477 e. The number of amides is 2. The molecule has 2 fully saturated rings. The van der Waals surface area contributed by atoms with E-state index in [1.54, 1.807) is 29.4 Å². The molecule has 5 rings (SSSR count). The molecule has 2 amide bonds. The first-order valence-corrected chi connectivity index (χ1v) is 17.5. The number of hydrogen-bond donors (Lipinski definition) is 2. The van der Waals surface area contributed by atoms with Gasteiger partial charge >= 0.3 is 6.09 Å². The number of likely N-dealkylation sites (tertiary alicyclic amines) is 1. The van der Waals surface area contributed by atoms with Gasteiger partial charge in [-0.2, -0.15) is 0 Å². The second-order valence-electron chi connectivity index (χ2n) is 12.1. The van der Waals surface area contributed by atoms with Crippen LogP contribution in [0.3, 0.4) is 0 Å². The summed E-state index contributed by atoms with van der Waals surface area (Å²) in [6, 6.07) is 2.31. The van der Waals surface area contributed by atoms with E-state index in [0.29, 0.717) is 60.2 Å². The van der Waals surface area contributed by atoms with Gasteiger partial charge in [0.05, 0.1) is 46.6 Å². The molecular weight excluding hydrogens is 619 g/mol. The molecule has 0 aromatic carbocycles. The van der Waals surface area contributed by atoms with Crippen molar-refractivity contribution in [2.24, 2.45) is 0 Å². The molecule has 242 valence electrons. The van der Waals surface area contributed by atoms with Crippen molar-refractivity contribution in [2.75, 3.05) is 17.9 Å². The van der Waals surface area contributed by atoms with Crippen molar-refractivity contribution in [1.82, 2.24) is 30.2 Å². The number of hydrogen-bond acceptors (Lipinski definition) is 11. The van der Waals surface area contributed by atoms with E-state index in [9.17, 15) is 18.0 Å². The lowest BCUT2D eigenvalue weighted by molar-refractivity contribution is 0.00767. The second kappa shape index (κ2) is 13.6. The summed E-state index contributed by atoms with van der Waals surface area (Å²) < 4.78 is 39.1. The van der Waals surface area contributed by atoms with Crippen molar-refractivity contribution in [3.63, 3.8) is 0 Å². The highest BCUT2D eigenvalue weighted by Gasteiger charge is 2.36. The van der Waals surface area contributed by atoms with Crippen LogP contribution in [0.25, 0.3) is 10.6 Å². The van der Waals surface area contributed by atoms with Gasteiger partial charge in [-0.3, -0.25) is 19.5 Å². The third-order valence-electron chi connectivity index (χ3n) is 7.29. The van der Waals surface area contributed by atoms with Gasteiger partial charge in [-0.1, -0.05) is 0 Å². The zero-order valence-electron chi connectivity index (χ0n) is 25.9. The number of carbonyl (C=O) groups is 2. The van der Waals surface area contributed by atoms with Crippen molar-refractivity contribution in [1.29, 1.82) is 0 Å². The van der Waals surface area contributed by atoms with Crippen LogP contribution >= 0.6 is 11.3 Å². The van der Waals surface area contributed by atoms with E-state index in [0.717, 1.165) is 30.6 Å². The summed E-state index contributed by atoms with van der Waals surface area (Å²) in [6.45, 7) is 8.31. The molecule has 2 aliphatic rings. The van der Waals surface area contributed by atoms with Gasteiger partial charge in [-0.25, -0.2) is 23.2 Å². The van der Waals surface area contributed by atoms with Crippen molar-refractivity contribution in [3.8, 4) is 16.5 Å². The van der Waals surface area contributed by atoms with Gasteiger partial charge in [-0.15, -0.1) is 11.3 Å². The van der Waals surface area contributed by atoms with E-state index in [1.165, 1.54) is 12.4 Å². The molecule has 0 bridgehead atoms. The quantitative estimate of drug-likeness (QED) is 0.288. The Balaban J connectivity index is 1.40. The number of carbonyl (C=O) groups excluding carboxylic acids is 2. The Labute approximate surface area is 267 Å². The van der Waals surface area contributed by atoms with Gasteiger partial charge in [0.25, 0.3) is 5.91 Å². The summed E-state index contributed by atoms with van der Waals surface area (Å²) in [5.41, 5.74) is 0.696. The molecule has 1 aliphatic carbocycles. The number of pyridine rings is 1. The van der Waals surface area contributed by atoms with E-state index >= 15 is 0 Å². The number of nitrogens with one attached hydrogen (secondary N) is 2. The van der Waals surface area contributed by atoms with E-state index in [2.05, 4.69) is 30.0 Å². The number of thiazole rings is 1. The Morgan fingerprint density at radius 2 is 1.93 bits per heavy atom. The fourth-order valence-electron chi connectivity index (χ4n) is 5.06. The first-order chi connectivity index (χ1) is 21.4. The zero-order chi connectivity index (χ0) is 32.2. The van der Waals surface area contributed by atoms with Crippen molar-refractivity contribution < 1.29 is 27.5 Å². The Hall–Kier alpha value is -3.85. The van der Waals surface area contributed by atoms with Gasteiger partial charge in [0.1, 0.15) is 11.3 Å². The lowest BCUT2D eigenvalue weighted by Gasteiger charge is -2.38. The maximum atomic E-state index is 13.6. The number of nitrogens with zero attached hydrogens (tertiary/aromatic N) is 5. The minimum atomic E-state index is -3.51. The monoisotopic (exact) mass is 657 g/mol. The van der Waals surface area contributed by atoms with Crippen LogP contribution in [0.5, 0.6) is 5.88 Å². The third kappa shape index (κ3) is 8.66. The summed E-state index contributed by atoms with van der Waals surface area (Å²) >= 11 is 1.16. The summed E-state index contributed by atoms with van der Waals surface area (Å²) in [6.07, 6.45) is 9.84. The van der Waals surface area contributed by atoms with E-state index in [1.807, 2.05) is 27.7 Å². The molecule has 3 aromatic heterocycles. The molecule has 45 heavy (non-hydrogen) atoms. The zero-order valence-corrected chi connectivity index (χ0v) is 27.5. The van der Waals surface area contributed by atoms with Gasteiger partial charge in [0.15, 0.2) is 5.01 Å². The first kappa shape index (κ1) is 32.5. The van der Waals surface area contributed by atoms with Crippen molar-refractivity contribution in [3.05, 3.63) is 47.6 Å². The fourth-order valence-corrected chi connectivity index (χ4v) is 7.21. The maximum Gasteiger partial charge on any atom is 0.410 e. The smallest absolute Gasteiger partial charge is 0.410 e. The highest BCUT2D eigenvalue weighted by molar-refractivity contribution is 7.93. The first-order valence-electron chi connectivity index (χ1n) is 15.1. The topological polar surface area (TPSA) is 166 Å². The summed E-state index contributed by atoms with van der Waals surface area (Å²) in [5, 5.41) is 2.87. The lowest BCUT2D eigenvalue weighted by atomic mass is 9.94. The summed E-state index contributed by atoms with van der Waals surface area (Å²) in [5.74, 6) is -0.0599. The molecule has 13 nitrogen and oxygen atoms in total. The van der Waals surface area contributed by atoms with Crippen LogP contribution in [0, 0.1) is 0 Å². The molecule has 2 unspecified atom stereocenters. The molecular formula is C30H39N7O6S2. The predicted molar refractivity (Wildman–Crippen MR) is 170 cm³/mol. The van der Waals surface area contributed by atoms with Crippen LogP contribution in [0.2, 0.25) is 0 Å². The second-order valence-corrected chi connectivity index (χ2v) is 15.1. The largest absolute Gasteiger partial charge is 0.477 e. The number of aromatic nitrogens is 4. The molecule has 1 aliphatic heterocycles. The minimum absolute atomic E-state index is 0.205.